The average molecular weight is 447 g/mol. The Balaban J connectivity index is 1.45. The molecule has 2 aliphatic heterocycles. The molecule has 4 unspecified atom stereocenters. The molecule has 1 saturated carbocycles. The third-order valence-electron chi connectivity index (χ3n) is 5.79. The Kier molecular flexibility index (Phi) is 5.60. The number of piperidine rings is 2. The van der Waals surface area contributed by atoms with Gasteiger partial charge in [-0.05, 0) is 25.7 Å². The molecule has 168 valence electrons. The molecule has 3 fully saturated rings. The molecule has 4 atom stereocenters. The molecule has 9 N–H and O–H groups in total. The number of nitrogens with one attached hydrogen (secondary N) is 1. The first-order valence-corrected chi connectivity index (χ1v) is 11.6. The van der Waals surface area contributed by atoms with Gasteiger partial charge >= 0.3 is 0 Å². The molecule has 2 aromatic heterocycles. The number of aromatic nitrogens is 5. The topological polar surface area (TPSA) is 187 Å². The Morgan fingerprint density at radius 3 is 1.74 bits per heavy atom. The summed E-state index contributed by atoms with van der Waals surface area (Å²) < 4.78 is 0. The fourth-order valence-electron chi connectivity index (χ4n) is 4.25. The van der Waals surface area contributed by atoms with Crippen LogP contribution in [0.2, 0.25) is 0 Å². The highest BCUT2D eigenvalue weighted by molar-refractivity contribution is 7.15. The molecule has 0 amide bonds. The van der Waals surface area contributed by atoms with Crippen molar-refractivity contribution in [3.8, 4) is 0 Å². The van der Waals surface area contributed by atoms with Crippen LogP contribution in [0.5, 0.6) is 0 Å². The molecule has 31 heavy (non-hydrogen) atoms. The largest absolute Gasteiger partial charge is 0.338 e. The van der Waals surface area contributed by atoms with Gasteiger partial charge in [0, 0.05) is 56.3 Å². The molecule has 1 aliphatic carbocycles. The molecule has 12 nitrogen and oxygen atoms in total. The van der Waals surface area contributed by atoms with Gasteiger partial charge in [-0.15, -0.1) is 10.2 Å². The fraction of sp³-hybridized carbons (Fsp3) is 0.722. The van der Waals surface area contributed by atoms with Crippen LogP contribution in [-0.4, -0.2) is 75.5 Å². The molecule has 0 bridgehead atoms. The van der Waals surface area contributed by atoms with E-state index in [1.807, 2.05) is 9.80 Å². The van der Waals surface area contributed by atoms with Gasteiger partial charge in [0.25, 0.3) is 0 Å². The van der Waals surface area contributed by atoms with Crippen LogP contribution in [0.25, 0.3) is 0 Å². The van der Waals surface area contributed by atoms with E-state index in [9.17, 15) is 0 Å². The third kappa shape index (κ3) is 4.85. The highest BCUT2D eigenvalue weighted by atomic mass is 32.1. The van der Waals surface area contributed by atoms with Crippen LogP contribution in [0.15, 0.2) is 0 Å². The van der Waals surface area contributed by atoms with Crippen molar-refractivity contribution in [2.75, 3.05) is 41.3 Å². The number of nitrogens with zero attached hydrogens (tertiary/aromatic N) is 7. The second-order valence-corrected chi connectivity index (χ2v) is 9.93. The lowest BCUT2D eigenvalue weighted by molar-refractivity contribution is 0.441. The van der Waals surface area contributed by atoms with E-state index in [-0.39, 0.29) is 24.2 Å². The van der Waals surface area contributed by atoms with Crippen molar-refractivity contribution >= 4 is 34.3 Å². The summed E-state index contributed by atoms with van der Waals surface area (Å²) >= 11 is 1.54. The van der Waals surface area contributed by atoms with Crippen molar-refractivity contribution in [2.24, 2.45) is 22.9 Å². The zero-order valence-electron chi connectivity index (χ0n) is 17.4. The first-order valence-electron chi connectivity index (χ1n) is 10.8. The minimum Gasteiger partial charge on any atom is -0.338 e. The summed E-state index contributed by atoms with van der Waals surface area (Å²) in [5.41, 5.74) is 24.8. The highest BCUT2D eigenvalue weighted by Gasteiger charge is 2.30. The van der Waals surface area contributed by atoms with Gasteiger partial charge in [0.05, 0.1) is 0 Å². The highest BCUT2D eigenvalue weighted by Crippen LogP contribution is 2.42. The van der Waals surface area contributed by atoms with Crippen LogP contribution in [0.1, 0.15) is 36.6 Å². The van der Waals surface area contributed by atoms with Crippen molar-refractivity contribution in [1.82, 2.24) is 25.1 Å². The summed E-state index contributed by atoms with van der Waals surface area (Å²) in [7, 11) is 0. The quantitative estimate of drug-likeness (QED) is 0.380. The van der Waals surface area contributed by atoms with E-state index in [4.69, 9.17) is 27.9 Å². The number of hydrogen-bond donors (Lipinski definition) is 5. The molecule has 0 radical (unpaired) electrons. The van der Waals surface area contributed by atoms with Gasteiger partial charge in [-0.2, -0.15) is 15.0 Å². The van der Waals surface area contributed by atoms with Crippen LogP contribution >= 0.6 is 11.3 Å². The molecular formula is C18H30N12S. The fourth-order valence-corrected chi connectivity index (χ4v) is 5.16. The average Bonchev–Trinajstić information content (AvgIpc) is 3.46. The Labute approximate surface area is 184 Å². The van der Waals surface area contributed by atoms with E-state index in [0.717, 1.165) is 17.8 Å². The summed E-state index contributed by atoms with van der Waals surface area (Å²) in [4.78, 5) is 18.1. The third-order valence-corrected chi connectivity index (χ3v) is 6.80. The summed E-state index contributed by atoms with van der Waals surface area (Å²) in [6, 6.07) is -0.106. The van der Waals surface area contributed by atoms with Gasteiger partial charge in [-0.25, -0.2) is 0 Å². The summed E-state index contributed by atoms with van der Waals surface area (Å²) in [5, 5.41) is 13.5. The van der Waals surface area contributed by atoms with Gasteiger partial charge in [0.2, 0.25) is 23.0 Å². The van der Waals surface area contributed by atoms with E-state index in [1.165, 1.54) is 12.8 Å². The molecule has 2 saturated heterocycles. The monoisotopic (exact) mass is 446 g/mol. The normalized spacial score (nSPS) is 29.3. The van der Waals surface area contributed by atoms with Crippen molar-refractivity contribution in [3.63, 3.8) is 0 Å². The van der Waals surface area contributed by atoms with E-state index < -0.39 is 0 Å². The van der Waals surface area contributed by atoms with E-state index >= 15 is 0 Å². The van der Waals surface area contributed by atoms with Crippen LogP contribution in [-0.2, 0) is 0 Å². The van der Waals surface area contributed by atoms with Crippen LogP contribution in [0, 0.1) is 0 Å². The van der Waals surface area contributed by atoms with Crippen LogP contribution in [0.4, 0.5) is 23.0 Å². The number of rotatable bonds is 5. The van der Waals surface area contributed by atoms with E-state index in [2.05, 4.69) is 25.5 Å². The van der Waals surface area contributed by atoms with Gasteiger partial charge < -0.3 is 32.7 Å². The molecule has 4 heterocycles. The van der Waals surface area contributed by atoms with Gasteiger partial charge in [0.15, 0.2) is 0 Å². The SMILES string of the molecule is NC1CC(N)CN(c2nc(Nc3nnc(C4CC4)s3)nc(N3CC(N)CC(N)C3)n2)C1. The molecule has 2 aromatic rings. The Hall–Kier alpha value is -2.19. The van der Waals surface area contributed by atoms with Crippen LogP contribution in [0.3, 0.4) is 0 Å². The van der Waals surface area contributed by atoms with E-state index in [1.54, 1.807) is 11.3 Å². The molecule has 5 rings (SSSR count). The molecule has 13 heteroatoms. The first-order chi connectivity index (χ1) is 14.9. The van der Waals surface area contributed by atoms with Gasteiger partial charge in [0.1, 0.15) is 5.01 Å². The van der Waals surface area contributed by atoms with Gasteiger partial charge in [-0.1, -0.05) is 11.3 Å². The minimum absolute atomic E-state index is 0.0264. The number of nitrogens with two attached hydrogens (primary N) is 4. The smallest absolute Gasteiger partial charge is 0.235 e. The first kappa shape index (κ1) is 20.7. The lowest BCUT2D eigenvalue weighted by atomic mass is 10.0. The Morgan fingerprint density at radius 2 is 1.26 bits per heavy atom. The lowest BCUT2D eigenvalue weighted by Gasteiger charge is -2.36. The molecular weight excluding hydrogens is 416 g/mol. The molecule has 0 spiro atoms. The predicted molar refractivity (Wildman–Crippen MR) is 121 cm³/mol. The minimum atomic E-state index is -0.0264. The maximum atomic E-state index is 6.20. The van der Waals surface area contributed by atoms with E-state index in [0.29, 0.717) is 55.1 Å². The summed E-state index contributed by atoms with van der Waals surface area (Å²) in [6.45, 7) is 2.56. The summed E-state index contributed by atoms with van der Waals surface area (Å²) in [6.07, 6.45) is 3.92. The second kappa shape index (κ2) is 8.39. The molecule has 0 aromatic carbocycles. The van der Waals surface area contributed by atoms with Crippen molar-refractivity contribution < 1.29 is 0 Å². The number of hydrogen-bond acceptors (Lipinski definition) is 13. The number of anilines is 4. The zero-order valence-corrected chi connectivity index (χ0v) is 18.2. The maximum Gasteiger partial charge on any atom is 0.235 e. The van der Waals surface area contributed by atoms with Crippen molar-refractivity contribution in [1.29, 1.82) is 0 Å². The standard InChI is InChI=1S/C18H30N12S/c19-10-3-11(20)6-29(5-10)16-23-15(25-18-28-27-14(31-18)9-1-2-9)24-17(26-16)30-7-12(21)4-13(22)8-30/h9-13H,1-8,19-22H2,(H,23,24,25,26,28). The Bertz CT molecular complexity index is 852. The Morgan fingerprint density at radius 1 is 0.742 bits per heavy atom. The van der Waals surface area contributed by atoms with Crippen molar-refractivity contribution in [3.05, 3.63) is 5.01 Å². The molecule has 3 aliphatic rings. The van der Waals surface area contributed by atoms with Crippen LogP contribution < -0.4 is 38.1 Å². The summed E-state index contributed by atoms with van der Waals surface area (Å²) in [5.74, 6) is 2.04. The van der Waals surface area contributed by atoms with Gasteiger partial charge in [-0.3, -0.25) is 5.32 Å². The second-order valence-electron chi connectivity index (χ2n) is 8.93. The maximum absolute atomic E-state index is 6.20. The predicted octanol–water partition coefficient (Wildman–Crippen LogP) is -0.926. The lowest BCUT2D eigenvalue weighted by Crippen LogP contribution is -2.54. The van der Waals surface area contributed by atoms with Crippen molar-refractivity contribution in [2.45, 2.75) is 55.8 Å². The zero-order chi connectivity index (χ0) is 21.5.